The molecule has 2 amide bonds. The van der Waals surface area contributed by atoms with Gasteiger partial charge in [-0.3, -0.25) is 14.4 Å². The summed E-state index contributed by atoms with van der Waals surface area (Å²) in [5.74, 6) is -2.99. The smallest absolute Gasteiger partial charge is 0.311 e. The van der Waals surface area contributed by atoms with Crippen LogP contribution in [0.4, 0.5) is 15.8 Å². The van der Waals surface area contributed by atoms with Gasteiger partial charge in [-0.2, -0.15) is 0 Å². The van der Waals surface area contributed by atoms with E-state index in [0.29, 0.717) is 5.69 Å². The third-order valence-corrected chi connectivity index (χ3v) is 4.28. The summed E-state index contributed by atoms with van der Waals surface area (Å²) in [6, 6.07) is 8.96. The van der Waals surface area contributed by atoms with Crippen molar-refractivity contribution in [2.45, 2.75) is 6.42 Å². The van der Waals surface area contributed by atoms with Crippen molar-refractivity contribution >= 4 is 40.8 Å². The maximum atomic E-state index is 13.9. The van der Waals surface area contributed by atoms with E-state index in [9.17, 15) is 18.8 Å². The topological polar surface area (TPSA) is 88.6 Å². The molecular weight excluding hydrogens is 377 g/mol. The number of aromatic nitrogens is 1. The summed E-state index contributed by atoms with van der Waals surface area (Å²) in [5.41, 5.74) is 0.406. The van der Waals surface area contributed by atoms with Gasteiger partial charge in [0.25, 0.3) is 5.91 Å². The molecule has 1 N–H and O–H groups in total. The number of benzene rings is 1. The summed E-state index contributed by atoms with van der Waals surface area (Å²) in [6.45, 7) is -0.539. The van der Waals surface area contributed by atoms with Crippen LogP contribution >= 0.6 is 11.6 Å². The molecule has 0 saturated carbocycles. The number of carbonyl (C=O) groups excluding carboxylic acids is 3. The predicted molar refractivity (Wildman–Crippen MR) is 95.7 cm³/mol. The Kier molecular flexibility index (Phi) is 5.66. The van der Waals surface area contributed by atoms with E-state index in [0.717, 1.165) is 0 Å². The Hall–Kier alpha value is -3.00. The SMILES string of the molecule is O=C(COC(=O)[C@@H]1CC(=O)N(c2ccccc2F)C1)Nc1cccnc1Cl. The fourth-order valence-electron chi connectivity index (χ4n) is 2.69. The number of pyridine rings is 1. The van der Waals surface area contributed by atoms with E-state index in [-0.39, 0.29) is 29.7 Å². The minimum atomic E-state index is -0.771. The molecule has 0 bridgehead atoms. The number of nitrogens with one attached hydrogen (secondary N) is 1. The zero-order valence-corrected chi connectivity index (χ0v) is 14.8. The first-order chi connectivity index (χ1) is 13.0. The van der Waals surface area contributed by atoms with Gasteiger partial charge in [0.15, 0.2) is 11.8 Å². The van der Waals surface area contributed by atoms with Crippen molar-refractivity contribution in [2.24, 2.45) is 5.92 Å². The van der Waals surface area contributed by atoms with Crippen LogP contribution in [0, 0.1) is 11.7 Å². The molecule has 0 spiro atoms. The van der Waals surface area contributed by atoms with Crippen LogP contribution in [0.25, 0.3) is 0 Å². The Morgan fingerprint density at radius 1 is 1.30 bits per heavy atom. The summed E-state index contributed by atoms with van der Waals surface area (Å²) in [6.07, 6.45) is 1.36. The van der Waals surface area contributed by atoms with Crippen LogP contribution in [0.3, 0.4) is 0 Å². The van der Waals surface area contributed by atoms with Crippen molar-refractivity contribution in [3.05, 3.63) is 53.6 Å². The quantitative estimate of drug-likeness (QED) is 0.624. The van der Waals surface area contributed by atoms with Gasteiger partial charge < -0.3 is 15.0 Å². The van der Waals surface area contributed by atoms with Crippen molar-refractivity contribution < 1.29 is 23.5 Å². The number of ether oxygens (including phenoxy) is 1. The first kappa shape index (κ1) is 18.8. The molecule has 2 aromatic rings. The van der Waals surface area contributed by atoms with Gasteiger partial charge in [-0.1, -0.05) is 23.7 Å². The highest BCUT2D eigenvalue weighted by molar-refractivity contribution is 6.32. The molecule has 9 heteroatoms. The highest BCUT2D eigenvalue weighted by atomic mass is 35.5. The first-order valence-corrected chi connectivity index (χ1v) is 8.45. The molecule has 0 unspecified atom stereocenters. The predicted octanol–water partition coefficient (Wildman–Crippen LogP) is 2.41. The lowest BCUT2D eigenvalue weighted by Gasteiger charge is -2.17. The molecule has 0 radical (unpaired) electrons. The van der Waals surface area contributed by atoms with Gasteiger partial charge in [-0.25, -0.2) is 9.37 Å². The summed E-state index contributed by atoms with van der Waals surface area (Å²) in [4.78, 5) is 41.2. The molecule has 1 aromatic carbocycles. The molecule has 2 heterocycles. The van der Waals surface area contributed by atoms with Crippen LogP contribution in [0.1, 0.15) is 6.42 Å². The molecule has 1 fully saturated rings. The lowest BCUT2D eigenvalue weighted by molar-refractivity contribution is -0.151. The number of carbonyl (C=O) groups is 3. The van der Waals surface area contributed by atoms with Gasteiger partial charge in [-0.15, -0.1) is 0 Å². The van der Waals surface area contributed by atoms with Crippen LogP contribution < -0.4 is 10.2 Å². The van der Waals surface area contributed by atoms with Gasteiger partial charge in [0.05, 0.1) is 17.3 Å². The van der Waals surface area contributed by atoms with Crippen molar-refractivity contribution in [3.8, 4) is 0 Å². The lowest BCUT2D eigenvalue weighted by Crippen LogP contribution is -2.28. The minimum absolute atomic E-state index is 0.00531. The zero-order valence-electron chi connectivity index (χ0n) is 14.0. The first-order valence-electron chi connectivity index (χ1n) is 8.07. The minimum Gasteiger partial charge on any atom is -0.455 e. The van der Waals surface area contributed by atoms with Crippen molar-refractivity contribution in [1.29, 1.82) is 0 Å². The normalized spacial score (nSPS) is 16.3. The van der Waals surface area contributed by atoms with Crippen molar-refractivity contribution in [3.63, 3.8) is 0 Å². The van der Waals surface area contributed by atoms with Crippen LogP contribution in [-0.4, -0.2) is 35.9 Å². The molecule has 0 aliphatic carbocycles. The summed E-state index contributed by atoms with van der Waals surface area (Å²) in [5, 5.41) is 2.58. The monoisotopic (exact) mass is 391 g/mol. The highest BCUT2D eigenvalue weighted by Crippen LogP contribution is 2.27. The molecule has 1 aliphatic heterocycles. The number of para-hydroxylation sites is 1. The third kappa shape index (κ3) is 4.40. The Balaban J connectivity index is 1.54. The van der Waals surface area contributed by atoms with E-state index in [2.05, 4.69) is 10.3 Å². The Morgan fingerprint density at radius 2 is 2.07 bits per heavy atom. The number of hydrogen-bond donors (Lipinski definition) is 1. The largest absolute Gasteiger partial charge is 0.455 e. The molecule has 27 heavy (non-hydrogen) atoms. The van der Waals surface area contributed by atoms with Gasteiger partial charge in [-0.05, 0) is 24.3 Å². The van der Waals surface area contributed by atoms with E-state index in [4.69, 9.17) is 16.3 Å². The Labute approximate surface area is 159 Å². The second kappa shape index (κ2) is 8.13. The average Bonchev–Trinajstić information content (AvgIpc) is 3.04. The van der Waals surface area contributed by atoms with Gasteiger partial charge >= 0.3 is 5.97 Å². The molecule has 1 saturated heterocycles. The molecular formula is C18H15ClFN3O4. The number of halogens is 2. The van der Waals surface area contributed by atoms with Crippen LogP contribution in [0.15, 0.2) is 42.6 Å². The number of esters is 1. The maximum Gasteiger partial charge on any atom is 0.311 e. The van der Waals surface area contributed by atoms with E-state index in [1.807, 2.05) is 0 Å². The Morgan fingerprint density at radius 3 is 2.81 bits per heavy atom. The Bertz CT molecular complexity index is 892. The standard InChI is InChI=1S/C18H15ClFN3O4/c19-17-13(5-3-7-21-17)22-15(24)10-27-18(26)11-8-16(25)23(9-11)14-6-2-1-4-12(14)20/h1-7,11H,8-10H2,(H,22,24)/t11-/m1/s1. The maximum absolute atomic E-state index is 13.9. The van der Waals surface area contributed by atoms with Crippen LogP contribution in [0.2, 0.25) is 5.15 Å². The molecule has 1 atom stereocenters. The second-order valence-corrected chi connectivity index (χ2v) is 6.21. The van der Waals surface area contributed by atoms with Crippen LogP contribution in [-0.2, 0) is 19.1 Å². The van der Waals surface area contributed by atoms with Crippen molar-refractivity contribution in [2.75, 3.05) is 23.4 Å². The van der Waals surface area contributed by atoms with Crippen LogP contribution in [0.5, 0.6) is 0 Å². The zero-order chi connectivity index (χ0) is 19.4. The number of anilines is 2. The summed E-state index contributed by atoms with van der Waals surface area (Å²) < 4.78 is 18.8. The van der Waals surface area contributed by atoms with E-state index in [1.165, 1.54) is 29.3 Å². The van der Waals surface area contributed by atoms with E-state index >= 15 is 0 Å². The van der Waals surface area contributed by atoms with Gasteiger partial charge in [0.2, 0.25) is 5.91 Å². The van der Waals surface area contributed by atoms with Gasteiger partial charge in [0.1, 0.15) is 5.82 Å². The van der Waals surface area contributed by atoms with Crippen molar-refractivity contribution in [1.82, 2.24) is 4.98 Å². The third-order valence-electron chi connectivity index (χ3n) is 3.98. The summed E-state index contributed by atoms with van der Waals surface area (Å²) >= 11 is 5.83. The summed E-state index contributed by atoms with van der Waals surface area (Å²) in [7, 11) is 0. The van der Waals surface area contributed by atoms with E-state index < -0.39 is 30.2 Å². The van der Waals surface area contributed by atoms with Gasteiger partial charge in [0, 0.05) is 19.2 Å². The van der Waals surface area contributed by atoms with E-state index in [1.54, 1.807) is 18.2 Å². The molecule has 1 aromatic heterocycles. The molecule has 3 rings (SSSR count). The number of hydrogen-bond acceptors (Lipinski definition) is 5. The fraction of sp³-hybridized carbons (Fsp3) is 0.222. The molecule has 7 nitrogen and oxygen atoms in total. The molecule has 1 aliphatic rings. The second-order valence-electron chi connectivity index (χ2n) is 5.85. The highest BCUT2D eigenvalue weighted by Gasteiger charge is 2.37. The number of amides is 2. The lowest BCUT2D eigenvalue weighted by atomic mass is 10.1. The average molecular weight is 392 g/mol. The number of rotatable bonds is 5. The molecule has 140 valence electrons. The fourth-order valence-corrected chi connectivity index (χ4v) is 2.86. The number of nitrogens with zero attached hydrogens (tertiary/aromatic N) is 2.